The summed E-state index contributed by atoms with van der Waals surface area (Å²) in [7, 11) is 0. The molecule has 2 rings (SSSR count). The summed E-state index contributed by atoms with van der Waals surface area (Å²) < 4.78 is 19.1. The van der Waals surface area contributed by atoms with Crippen LogP contribution in [0.2, 0.25) is 0 Å². The molecule has 2 aromatic rings. The Morgan fingerprint density at radius 3 is 2.78 bits per heavy atom. The molecule has 1 aromatic carbocycles. The highest BCUT2D eigenvalue weighted by Crippen LogP contribution is 2.28. The van der Waals surface area contributed by atoms with Crippen molar-refractivity contribution < 1.29 is 8.81 Å². The van der Waals surface area contributed by atoms with Crippen molar-refractivity contribution in [2.45, 2.75) is 26.8 Å². The van der Waals surface area contributed by atoms with Gasteiger partial charge in [-0.1, -0.05) is 13.0 Å². The van der Waals surface area contributed by atoms with Gasteiger partial charge in [0.2, 0.25) is 0 Å². The smallest absolute Gasteiger partial charge is 0.134 e. The average Bonchev–Trinajstić information content (AvgIpc) is 2.82. The quantitative estimate of drug-likeness (QED) is 0.881. The first-order valence-corrected chi connectivity index (χ1v) is 6.21. The highest BCUT2D eigenvalue weighted by Gasteiger charge is 2.12. The van der Waals surface area contributed by atoms with Crippen molar-refractivity contribution in [1.82, 2.24) is 5.32 Å². The first-order chi connectivity index (χ1) is 8.61. The fourth-order valence-electron chi connectivity index (χ4n) is 2.00. The maximum atomic E-state index is 13.3. The van der Waals surface area contributed by atoms with Crippen LogP contribution in [0, 0.1) is 12.7 Å². The molecule has 0 radical (unpaired) electrons. The van der Waals surface area contributed by atoms with E-state index in [1.807, 2.05) is 26.0 Å². The first kappa shape index (κ1) is 12.8. The fourth-order valence-corrected chi connectivity index (χ4v) is 2.00. The lowest BCUT2D eigenvalue weighted by molar-refractivity contribution is 0.445. The minimum absolute atomic E-state index is 0.164. The summed E-state index contributed by atoms with van der Waals surface area (Å²) in [6.07, 6.45) is 0. The first-order valence-electron chi connectivity index (χ1n) is 6.21. The summed E-state index contributed by atoms with van der Waals surface area (Å²) in [4.78, 5) is 0. The molecule has 0 amide bonds. The Kier molecular flexibility index (Phi) is 3.82. The van der Waals surface area contributed by atoms with E-state index in [0.29, 0.717) is 5.76 Å². The predicted octanol–water partition coefficient (Wildman–Crippen LogP) is 4.06. The minimum Gasteiger partial charge on any atom is -0.459 e. The predicted molar refractivity (Wildman–Crippen MR) is 70.9 cm³/mol. The summed E-state index contributed by atoms with van der Waals surface area (Å²) >= 11 is 0. The maximum Gasteiger partial charge on any atom is 0.134 e. The lowest BCUT2D eigenvalue weighted by Crippen LogP contribution is -2.16. The van der Waals surface area contributed by atoms with Crippen molar-refractivity contribution in [3.05, 3.63) is 47.5 Å². The van der Waals surface area contributed by atoms with Gasteiger partial charge in [-0.25, -0.2) is 4.39 Å². The number of furan rings is 1. The number of benzene rings is 1. The second-order valence-corrected chi connectivity index (χ2v) is 4.44. The zero-order chi connectivity index (χ0) is 13.1. The van der Waals surface area contributed by atoms with E-state index in [-0.39, 0.29) is 11.9 Å². The maximum absolute atomic E-state index is 13.3. The van der Waals surface area contributed by atoms with Crippen molar-refractivity contribution in [3.63, 3.8) is 0 Å². The van der Waals surface area contributed by atoms with Crippen molar-refractivity contribution in [1.29, 1.82) is 0 Å². The van der Waals surface area contributed by atoms with Gasteiger partial charge in [0.25, 0.3) is 0 Å². The summed E-state index contributed by atoms with van der Waals surface area (Å²) in [6.45, 7) is 6.93. The molecule has 0 fully saturated rings. The molecule has 0 spiro atoms. The molecule has 0 aliphatic rings. The summed E-state index contributed by atoms with van der Waals surface area (Å²) in [5, 5.41) is 3.28. The SMILES string of the molecule is CCNC(C)c1ccc(-c2cc(F)ccc2C)o1. The normalized spacial score (nSPS) is 12.7. The summed E-state index contributed by atoms with van der Waals surface area (Å²) in [5.74, 6) is 1.34. The topological polar surface area (TPSA) is 25.2 Å². The van der Waals surface area contributed by atoms with Crippen molar-refractivity contribution in [3.8, 4) is 11.3 Å². The van der Waals surface area contributed by atoms with E-state index in [1.54, 1.807) is 6.07 Å². The summed E-state index contributed by atoms with van der Waals surface area (Å²) in [6, 6.07) is 8.73. The van der Waals surface area contributed by atoms with Gasteiger partial charge in [-0.2, -0.15) is 0 Å². The van der Waals surface area contributed by atoms with Gasteiger partial charge in [-0.05, 0) is 50.2 Å². The van der Waals surface area contributed by atoms with Crippen LogP contribution in [0.15, 0.2) is 34.7 Å². The van der Waals surface area contributed by atoms with E-state index < -0.39 is 0 Å². The monoisotopic (exact) mass is 247 g/mol. The van der Waals surface area contributed by atoms with Crippen LogP contribution >= 0.6 is 0 Å². The van der Waals surface area contributed by atoms with Gasteiger partial charge in [0, 0.05) is 5.56 Å². The van der Waals surface area contributed by atoms with Gasteiger partial charge >= 0.3 is 0 Å². The Morgan fingerprint density at radius 2 is 2.06 bits per heavy atom. The molecule has 0 saturated heterocycles. The van der Waals surface area contributed by atoms with E-state index >= 15 is 0 Å². The van der Waals surface area contributed by atoms with Crippen LogP contribution < -0.4 is 5.32 Å². The zero-order valence-corrected chi connectivity index (χ0v) is 11.0. The molecule has 18 heavy (non-hydrogen) atoms. The number of rotatable bonds is 4. The highest BCUT2D eigenvalue weighted by molar-refractivity contribution is 5.62. The molecule has 96 valence electrons. The van der Waals surface area contributed by atoms with Crippen molar-refractivity contribution >= 4 is 0 Å². The molecule has 1 aromatic heterocycles. The van der Waals surface area contributed by atoms with Crippen molar-refractivity contribution in [2.75, 3.05) is 6.54 Å². The van der Waals surface area contributed by atoms with Gasteiger partial charge < -0.3 is 9.73 Å². The molecular weight excluding hydrogens is 229 g/mol. The number of halogens is 1. The molecule has 1 heterocycles. The van der Waals surface area contributed by atoms with E-state index in [9.17, 15) is 4.39 Å². The molecule has 1 atom stereocenters. The molecule has 0 aliphatic carbocycles. The van der Waals surface area contributed by atoms with Gasteiger partial charge in [0.1, 0.15) is 17.3 Å². The second kappa shape index (κ2) is 5.36. The molecule has 1 unspecified atom stereocenters. The minimum atomic E-state index is -0.242. The molecule has 2 nitrogen and oxygen atoms in total. The zero-order valence-electron chi connectivity index (χ0n) is 11.0. The van der Waals surface area contributed by atoms with E-state index in [2.05, 4.69) is 12.2 Å². The third-order valence-corrected chi connectivity index (χ3v) is 3.03. The Hall–Kier alpha value is -1.61. The van der Waals surface area contributed by atoms with Gasteiger partial charge in [-0.3, -0.25) is 0 Å². The van der Waals surface area contributed by atoms with Crippen LogP contribution in [0.5, 0.6) is 0 Å². The molecule has 0 bridgehead atoms. The number of hydrogen-bond acceptors (Lipinski definition) is 2. The van der Waals surface area contributed by atoms with Crippen LogP contribution in [-0.4, -0.2) is 6.54 Å². The fraction of sp³-hybridized carbons (Fsp3) is 0.333. The standard InChI is InChI=1S/C15H18FNO/c1-4-17-11(3)14-7-8-15(18-14)13-9-12(16)6-5-10(13)2/h5-9,11,17H,4H2,1-3H3. The number of nitrogens with one attached hydrogen (secondary N) is 1. The Morgan fingerprint density at radius 1 is 1.28 bits per heavy atom. The van der Waals surface area contributed by atoms with Crippen LogP contribution in [0.3, 0.4) is 0 Å². The van der Waals surface area contributed by atoms with E-state index in [4.69, 9.17) is 4.42 Å². The average molecular weight is 247 g/mol. The number of hydrogen-bond donors (Lipinski definition) is 1. The second-order valence-electron chi connectivity index (χ2n) is 4.44. The van der Waals surface area contributed by atoms with Crippen LogP contribution in [0.1, 0.15) is 31.2 Å². The van der Waals surface area contributed by atoms with E-state index in [1.165, 1.54) is 12.1 Å². The van der Waals surface area contributed by atoms with Crippen LogP contribution in [0.4, 0.5) is 4.39 Å². The molecule has 3 heteroatoms. The number of aryl methyl sites for hydroxylation is 1. The third-order valence-electron chi connectivity index (χ3n) is 3.03. The molecule has 0 saturated carbocycles. The lowest BCUT2D eigenvalue weighted by Gasteiger charge is -2.09. The molecular formula is C15H18FNO. The van der Waals surface area contributed by atoms with Gasteiger partial charge in [0.05, 0.1) is 6.04 Å². The van der Waals surface area contributed by atoms with Gasteiger partial charge in [0.15, 0.2) is 0 Å². The molecule has 1 N–H and O–H groups in total. The lowest BCUT2D eigenvalue weighted by atomic mass is 10.1. The Bertz CT molecular complexity index is 533. The van der Waals surface area contributed by atoms with E-state index in [0.717, 1.165) is 23.4 Å². The summed E-state index contributed by atoms with van der Waals surface area (Å²) in [5.41, 5.74) is 1.82. The highest BCUT2D eigenvalue weighted by atomic mass is 19.1. The molecule has 0 aliphatic heterocycles. The third kappa shape index (κ3) is 2.62. The van der Waals surface area contributed by atoms with Crippen LogP contribution in [0.25, 0.3) is 11.3 Å². The Balaban J connectivity index is 2.32. The van der Waals surface area contributed by atoms with Crippen LogP contribution in [-0.2, 0) is 0 Å². The Labute approximate surface area is 107 Å². The van der Waals surface area contributed by atoms with Gasteiger partial charge in [-0.15, -0.1) is 0 Å². The largest absolute Gasteiger partial charge is 0.459 e. The van der Waals surface area contributed by atoms with Crippen molar-refractivity contribution in [2.24, 2.45) is 0 Å².